The first-order valence-corrected chi connectivity index (χ1v) is 7.53. The van der Waals surface area contributed by atoms with Crippen molar-refractivity contribution in [1.29, 1.82) is 0 Å². The highest BCUT2D eigenvalue weighted by atomic mass is 19.2. The first-order chi connectivity index (χ1) is 12.0. The molecule has 0 bridgehead atoms. The molecule has 1 aromatic heterocycles. The quantitative estimate of drug-likeness (QED) is 0.693. The fourth-order valence-corrected chi connectivity index (χ4v) is 2.57. The van der Waals surface area contributed by atoms with E-state index in [0.717, 1.165) is 0 Å². The third-order valence-corrected chi connectivity index (χ3v) is 3.78. The molecule has 0 aliphatic heterocycles. The summed E-state index contributed by atoms with van der Waals surface area (Å²) < 4.78 is 41.0. The van der Waals surface area contributed by atoms with Crippen LogP contribution in [0.15, 0.2) is 41.2 Å². The fourth-order valence-electron chi connectivity index (χ4n) is 2.57. The minimum Gasteiger partial charge on any atom is -0.354 e. The summed E-state index contributed by atoms with van der Waals surface area (Å²) in [6.07, 6.45) is -0.425. The van der Waals surface area contributed by atoms with Crippen LogP contribution >= 0.6 is 0 Å². The second kappa shape index (κ2) is 6.84. The van der Waals surface area contributed by atoms with Gasteiger partial charge < -0.3 is 10.3 Å². The van der Waals surface area contributed by atoms with Crippen molar-refractivity contribution in [3.8, 4) is 0 Å². The molecule has 0 fully saturated rings. The average Bonchev–Trinajstić information content (AvgIpc) is 2.88. The molecule has 1 amide bonds. The maximum Gasteiger partial charge on any atom is 0.326 e. The van der Waals surface area contributed by atoms with Crippen LogP contribution in [0, 0.1) is 17.5 Å². The van der Waals surface area contributed by atoms with Crippen LogP contribution in [-0.4, -0.2) is 22.0 Å². The highest BCUT2D eigenvalue weighted by Crippen LogP contribution is 2.14. The summed E-state index contributed by atoms with van der Waals surface area (Å²) >= 11 is 0. The molecule has 3 aromatic rings. The Morgan fingerprint density at radius 2 is 1.80 bits per heavy atom. The predicted molar refractivity (Wildman–Crippen MR) is 85.6 cm³/mol. The summed E-state index contributed by atoms with van der Waals surface area (Å²) in [5.41, 5.74) is 0.846. The number of nitrogens with one attached hydrogen (secondary N) is 2. The van der Waals surface area contributed by atoms with Crippen LogP contribution in [0.4, 0.5) is 13.2 Å². The lowest BCUT2D eigenvalue weighted by Gasteiger charge is -2.07. The molecule has 0 saturated carbocycles. The zero-order chi connectivity index (χ0) is 18.0. The van der Waals surface area contributed by atoms with Crippen molar-refractivity contribution in [2.45, 2.75) is 13.0 Å². The number of hydrogen-bond acceptors (Lipinski definition) is 2. The van der Waals surface area contributed by atoms with E-state index in [9.17, 15) is 22.8 Å². The van der Waals surface area contributed by atoms with Gasteiger partial charge in [0.15, 0.2) is 11.6 Å². The van der Waals surface area contributed by atoms with Crippen molar-refractivity contribution in [2.24, 2.45) is 0 Å². The van der Waals surface area contributed by atoms with Gasteiger partial charge >= 0.3 is 5.69 Å². The molecule has 3 rings (SSSR count). The molecule has 0 spiro atoms. The number of halogens is 3. The fraction of sp³-hybridized carbons (Fsp3) is 0.176. The lowest BCUT2D eigenvalue weighted by atomic mass is 10.1. The molecule has 2 aromatic carbocycles. The Labute approximate surface area is 140 Å². The van der Waals surface area contributed by atoms with E-state index in [1.54, 1.807) is 24.3 Å². The van der Waals surface area contributed by atoms with Gasteiger partial charge in [-0.05, 0) is 18.2 Å². The van der Waals surface area contributed by atoms with E-state index in [1.807, 2.05) is 0 Å². The summed E-state index contributed by atoms with van der Waals surface area (Å²) in [5, 5.41) is 2.53. The van der Waals surface area contributed by atoms with Gasteiger partial charge in [0.25, 0.3) is 0 Å². The SMILES string of the molecule is O=C(Cc1cc(F)c(F)cc1F)NCCn1c(=O)[nH]c2ccccc21. The van der Waals surface area contributed by atoms with Crippen LogP contribution in [0.5, 0.6) is 0 Å². The van der Waals surface area contributed by atoms with E-state index in [0.29, 0.717) is 23.2 Å². The highest BCUT2D eigenvalue weighted by molar-refractivity contribution is 5.78. The minimum absolute atomic E-state index is 0.131. The van der Waals surface area contributed by atoms with Gasteiger partial charge in [-0.2, -0.15) is 0 Å². The highest BCUT2D eigenvalue weighted by Gasteiger charge is 2.13. The number of nitrogens with zero attached hydrogens (tertiary/aromatic N) is 1. The Bertz CT molecular complexity index is 994. The van der Waals surface area contributed by atoms with Crippen LogP contribution in [0.25, 0.3) is 11.0 Å². The molecule has 130 valence electrons. The van der Waals surface area contributed by atoms with Crippen molar-refractivity contribution >= 4 is 16.9 Å². The maximum atomic E-state index is 13.5. The number of carbonyl (C=O) groups excluding carboxylic acids is 1. The second-order valence-electron chi connectivity index (χ2n) is 5.48. The van der Waals surface area contributed by atoms with Gasteiger partial charge in [-0.1, -0.05) is 12.1 Å². The number of imidazole rings is 1. The molecule has 0 aliphatic carbocycles. The molecule has 8 heteroatoms. The van der Waals surface area contributed by atoms with E-state index in [-0.39, 0.29) is 24.3 Å². The van der Waals surface area contributed by atoms with Crippen molar-refractivity contribution in [3.05, 3.63) is 69.9 Å². The van der Waals surface area contributed by atoms with Gasteiger partial charge in [-0.25, -0.2) is 18.0 Å². The van der Waals surface area contributed by atoms with Gasteiger partial charge in [-0.15, -0.1) is 0 Å². The third kappa shape index (κ3) is 3.57. The molecule has 0 aliphatic rings. The minimum atomic E-state index is -1.31. The summed E-state index contributed by atoms with van der Waals surface area (Å²) in [6, 6.07) is 8.18. The number of fused-ring (bicyclic) bond motifs is 1. The molecule has 0 radical (unpaired) electrons. The molecular formula is C17H14F3N3O2. The van der Waals surface area contributed by atoms with Gasteiger partial charge in [0.05, 0.1) is 17.5 Å². The molecule has 0 saturated heterocycles. The summed E-state index contributed by atoms with van der Waals surface area (Å²) in [6.45, 7) is 0.348. The van der Waals surface area contributed by atoms with Gasteiger partial charge in [0, 0.05) is 24.7 Å². The molecule has 5 nitrogen and oxygen atoms in total. The van der Waals surface area contributed by atoms with Gasteiger partial charge in [0.2, 0.25) is 5.91 Å². The van der Waals surface area contributed by atoms with Crippen LogP contribution < -0.4 is 11.0 Å². The number of amides is 1. The Morgan fingerprint density at radius 3 is 2.60 bits per heavy atom. The monoisotopic (exact) mass is 349 g/mol. The van der Waals surface area contributed by atoms with Crippen LogP contribution in [-0.2, 0) is 17.8 Å². The average molecular weight is 349 g/mol. The zero-order valence-electron chi connectivity index (χ0n) is 13.0. The Kier molecular flexibility index (Phi) is 4.60. The Hall–Kier alpha value is -3.03. The molecule has 1 heterocycles. The van der Waals surface area contributed by atoms with Crippen molar-refractivity contribution in [1.82, 2.24) is 14.9 Å². The van der Waals surface area contributed by atoms with E-state index in [4.69, 9.17) is 0 Å². The predicted octanol–water partition coefficient (Wildman–Crippen LogP) is 2.11. The first-order valence-electron chi connectivity index (χ1n) is 7.53. The number of H-pyrrole nitrogens is 1. The summed E-state index contributed by atoms with van der Waals surface area (Å²) in [7, 11) is 0. The molecule has 0 atom stereocenters. The van der Waals surface area contributed by atoms with E-state index >= 15 is 0 Å². The Morgan fingerprint density at radius 1 is 1.08 bits per heavy atom. The number of aromatic amines is 1. The Balaban J connectivity index is 1.62. The number of para-hydroxylation sites is 2. The molecular weight excluding hydrogens is 335 g/mol. The topological polar surface area (TPSA) is 66.9 Å². The lowest BCUT2D eigenvalue weighted by molar-refractivity contribution is -0.120. The van der Waals surface area contributed by atoms with Crippen molar-refractivity contribution in [3.63, 3.8) is 0 Å². The van der Waals surface area contributed by atoms with E-state index in [1.165, 1.54) is 4.57 Å². The number of rotatable bonds is 5. The van der Waals surface area contributed by atoms with Crippen LogP contribution in [0.1, 0.15) is 5.56 Å². The summed E-state index contributed by atoms with van der Waals surface area (Å²) in [5.74, 6) is -4.06. The maximum absolute atomic E-state index is 13.5. The number of carbonyl (C=O) groups is 1. The lowest BCUT2D eigenvalue weighted by Crippen LogP contribution is -2.31. The number of hydrogen-bond donors (Lipinski definition) is 2. The van der Waals surface area contributed by atoms with Crippen molar-refractivity contribution < 1.29 is 18.0 Å². The van der Waals surface area contributed by atoms with Gasteiger partial charge in [0.1, 0.15) is 5.82 Å². The standard InChI is InChI=1S/C17H14F3N3O2/c18-11-9-13(20)12(19)7-10(11)8-16(24)21-5-6-23-15-4-2-1-3-14(15)22-17(23)25/h1-4,7,9H,5-6,8H2,(H,21,24)(H,22,25). The zero-order valence-corrected chi connectivity index (χ0v) is 13.0. The van der Waals surface area contributed by atoms with Crippen LogP contribution in [0.2, 0.25) is 0 Å². The molecule has 2 N–H and O–H groups in total. The van der Waals surface area contributed by atoms with Gasteiger partial charge in [-0.3, -0.25) is 9.36 Å². The van der Waals surface area contributed by atoms with Crippen LogP contribution in [0.3, 0.4) is 0 Å². The molecule has 0 unspecified atom stereocenters. The summed E-state index contributed by atoms with van der Waals surface area (Å²) in [4.78, 5) is 26.4. The van der Waals surface area contributed by atoms with Crippen molar-refractivity contribution in [2.75, 3.05) is 6.54 Å². The van der Waals surface area contributed by atoms with E-state index < -0.39 is 29.8 Å². The number of aromatic nitrogens is 2. The number of benzene rings is 2. The molecule has 25 heavy (non-hydrogen) atoms. The largest absolute Gasteiger partial charge is 0.354 e. The normalized spacial score (nSPS) is 11.0. The first kappa shape index (κ1) is 16.8. The second-order valence-corrected chi connectivity index (χ2v) is 5.48. The third-order valence-electron chi connectivity index (χ3n) is 3.78. The van der Waals surface area contributed by atoms with E-state index in [2.05, 4.69) is 10.3 Å². The smallest absolute Gasteiger partial charge is 0.326 e.